The third-order valence-corrected chi connectivity index (χ3v) is 3.12. The number of hydrogen-bond donors (Lipinski definition) is 0. The lowest BCUT2D eigenvalue weighted by Gasteiger charge is -2.30. The van der Waals surface area contributed by atoms with Crippen molar-refractivity contribution in [3.8, 4) is 0 Å². The van der Waals surface area contributed by atoms with E-state index in [1.54, 1.807) is 14.0 Å². The Morgan fingerprint density at radius 3 is 2.47 bits per heavy atom. The fourth-order valence-corrected chi connectivity index (χ4v) is 2.05. The van der Waals surface area contributed by atoms with Crippen molar-refractivity contribution in [3.05, 3.63) is 0 Å². The van der Waals surface area contributed by atoms with Crippen molar-refractivity contribution in [1.82, 2.24) is 9.80 Å². The highest BCUT2D eigenvalue weighted by Gasteiger charge is 2.26. The van der Waals surface area contributed by atoms with E-state index < -0.39 is 0 Å². The van der Waals surface area contributed by atoms with Gasteiger partial charge in [-0.2, -0.15) is 0 Å². The van der Waals surface area contributed by atoms with Crippen LogP contribution in [0.1, 0.15) is 19.8 Å². The molecule has 17 heavy (non-hydrogen) atoms. The van der Waals surface area contributed by atoms with Crippen molar-refractivity contribution in [1.29, 1.82) is 0 Å². The number of hydrogen-bond acceptors (Lipinski definition) is 4. The van der Waals surface area contributed by atoms with Crippen molar-refractivity contribution in [2.75, 3.05) is 40.3 Å². The maximum absolute atomic E-state index is 12.0. The number of rotatable bonds is 4. The lowest BCUT2D eigenvalue weighted by atomic mass is 9.96. The third-order valence-electron chi connectivity index (χ3n) is 3.12. The van der Waals surface area contributed by atoms with E-state index in [4.69, 9.17) is 4.74 Å². The fourth-order valence-electron chi connectivity index (χ4n) is 2.05. The summed E-state index contributed by atoms with van der Waals surface area (Å²) in [5, 5.41) is 0. The Hall–Kier alpha value is -1.10. The molecule has 1 rings (SSSR count). The molecule has 1 amide bonds. The van der Waals surface area contributed by atoms with Crippen molar-refractivity contribution in [2.24, 2.45) is 5.92 Å². The zero-order chi connectivity index (χ0) is 12.8. The molecule has 5 nitrogen and oxygen atoms in total. The molecule has 1 saturated heterocycles. The van der Waals surface area contributed by atoms with Gasteiger partial charge in [0, 0.05) is 13.0 Å². The second kappa shape index (κ2) is 6.59. The highest BCUT2D eigenvalue weighted by Crippen LogP contribution is 2.17. The molecule has 0 aliphatic carbocycles. The molecule has 1 heterocycles. The molecule has 0 radical (unpaired) electrons. The molecule has 0 aromatic carbocycles. The van der Waals surface area contributed by atoms with Gasteiger partial charge in [0.2, 0.25) is 5.91 Å². The summed E-state index contributed by atoms with van der Waals surface area (Å²) >= 11 is 0. The van der Waals surface area contributed by atoms with Crippen LogP contribution in [0.4, 0.5) is 0 Å². The number of esters is 1. The average molecular weight is 242 g/mol. The highest BCUT2D eigenvalue weighted by molar-refractivity contribution is 5.83. The molecule has 0 unspecified atom stereocenters. The van der Waals surface area contributed by atoms with Gasteiger partial charge in [-0.25, -0.2) is 0 Å². The lowest BCUT2D eigenvalue weighted by Crippen LogP contribution is -2.41. The monoisotopic (exact) mass is 242 g/mol. The molecule has 1 aliphatic rings. The van der Waals surface area contributed by atoms with Gasteiger partial charge >= 0.3 is 5.97 Å². The van der Waals surface area contributed by atoms with Crippen molar-refractivity contribution in [2.45, 2.75) is 19.8 Å². The molecule has 1 fully saturated rings. The van der Waals surface area contributed by atoms with E-state index >= 15 is 0 Å². The largest absolute Gasteiger partial charge is 0.465 e. The summed E-state index contributed by atoms with van der Waals surface area (Å²) in [6, 6.07) is 0. The Morgan fingerprint density at radius 1 is 1.35 bits per heavy atom. The van der Waals surface area contributed by atoms with Gasteiger partial charge in [-0.05, 0) is 39.9 Å². The van der Waals surface area contributed by atoms with Gasteiger partial charge in [0.1, 0.15) is 6.54 Å². The second-order valence-electron chi connectivity index (χ2n) is 4.58. The van der Waals surface area contributed by atoms with Crippen molar-refractivity contribution in [3.63, 3.8) is 0 Å². The Labute approximate surface area is 103 Å². The maximum Gasteiger partial charge on any atom is 0.325 e. The topological polar surface area (TPSA) is 49.9 Å². The van der Waals surface area contributed by atoms with Crippen LogP contribution in [0.2, 0.25) is 0 Å². The van der Waals surface area contributed by atoms with Crippen LogP contribution in [0.5, 0.6) is 0 Å². The van der Waals surface area contributed by atoms with Gasteiger partial charge in [-0.15, -0.1) is 0 Å². The van der Waals surface area contributed by atoms with Gasteiger partial charge < -0.3 is 14.5 Å². The van der Waals surface area contributed by atoms with Crippen LogP contribution < -0.4 is 0 Å². The zero-order valence-electron chi connectivity index (χ0n) is 10.9. The molecule has 0 N–H and O–H groups in total. The minimum absolute atomic E-state index is 0.0546. The summed E-state index contributed by atoms with van der Waals surface area (Å²) in [6.45, 7) is 4.07. The van der Waals surface area contributed by atoms with Gasteiger partial charge in [0.05, 0.1) is 6.61 Å². The van der Waals surface area contributed by atoms with E-state index in [9.17, 15) is 9.59 Å². The zero-order valence-corrected chi connectivity index (χ0v) is 10.9. The molecular weight excluding hydrogens is 220 g/mol. The van der Waals surface area contributed by atoms with Gasteiger partial charge in [-0.1, -0.05) is 0 Å². The summed E-state index contributed by atoms with van der Waals surface area (Å²) in [5.74, 6) is -0.215. The number of nitrogens with zero attached hydrogens (tertiary/aromatic N) is 2. The van der Waals surface area contributed by atoms with E-state index in [0.717, 1.165) is 25.9 Å². The SMILES string of the molecule is CCOC(=O)CN(C)C(=O)C1CCN(C)CC1. The number of piperidine rings is 1. The first kappa shape index (κ1) is 14.0. The molecule has 1 aliphatic heterocycles. The van der Waals surface area contributed by atoms with E-state index in [1.165, 1.54) is 4.90 Å². The first-order valence-electron chi connectivity index (χ1n) is 6.13. The third kappa shape index (κ3) is 4.34. The summed E-state index contributed by atoms with van der Waals surface area (Å²) in [6.07, 6.45) is 1.75. The number of carbonyl (C=O) groups excluding carboxylic acids is 2. The number of likely N-dealkylation sites (tertiary alicyclic amines) is 1. The Kier molecular flexibility index (Phi) is 5.41. The standard InChI is InChI=1S/C12H22N2O3/c1-4-17-11(15)9-14(3)12(16)10-5-7-13(2)8-6-10/h10H,4-9H2,1-3H3. The predicted octanol–water partition coefficient (Wildman–Crippen LogP) is 0.350. The van der Waals surface area contributed by atoms with Crippen LogP contribution >= 0.6 is 0 Å². The highest BCUT2D eigenvalue weighted by atomic mass is 16.5. The molecule has 98 valence electrons. The maximum atomic E-state index is 12.0. The Morgan fingerprint density at radius 2 is 1.94 bits per heavy atom. The van der Waals surface area contributed by atoms with Crippen molar-refractivity contribution >= 4 is 11.9 Å². The Bertz CT molecular complexity index is 273. The van der Waals surface area contributed by atoms with Crippen LogP contribution in [-0.2, 0) is 14.3 Å². The molecule has 0 aromatic rings. The second-order valence-corrected chi connectivity index (χ2v) is 4.58. The van der Waals surface area contributed by atoms with Crippen LogP contribution in [0.25, 0.3) is 0 Å². The minimum Gasteiger partial charge on any atom is -0.465 e. The van der Waals surface area contributed by atoms with E-state index in [2.05, 4.69) is 11.9 Å². The van der Waals surface area contributed by atoms with Crippen LogP contribution in [-0.4, -0.2) is 62.0 Å². The predicted molar refractivity (Wildman–Crippen MR) is 64.5 cm³/mol. The van der Waals surface area contributed by atoms with Gasteiger partial charge in [0.15, 0.2) is 0 Å². The normalized spacial score (nSPS) is 17.8. The molecule has 0 bridgehead atoms. The average Bonchev–Trinajstić information content (AvgIpc) is 2.29. The van der Waals surface area contributed by atoms with Crippen LogP contribution in [0.15, 0.2) is 0 Å². The molecule has 0 spiro atoms. The van der Waals surface area contributed by atoms with E-state index in [0.29, 0.717) is 6.61 Å². The van der Waals surface area contributed by atoms with Crippen LogP contribution in [0, 0.1) is 5.92 Å². The smallest absolute Gasteiger partial charge is 0.325 e. The molecular formula is C12H22N2O3. The summed E-state index contributed by atoms with van der Waals surface area (Å²) < 4.78 is 4.83. The van der Waals surface area contributed by atoms with E-state index in [1.807, 2.05) is 0 Å². The fraction of sp³-hybridized carbons (Fsp3) is 0.833. The van der Waals surface area contributed by atoms with Crippen molar-refractivity contribution < 1.29 is 14.3 Å². The summed E-state index contributed by atoms with van der Waals surface area (Å²) in [5.41, 5.74) is 0. The number of carbonyl (C=O) groups is 2. The van der Waals surface area contributed by atoms with Crippen LogP contribution in [0.3, 0.4) is 0 Å². The molecule has 0 aromatic heterocycles. The number of amides is 1. The number of likely N-dealkylation sites (N-methyl/N-ethyl adjacent to an activating group) is 1. The summed E-state index contributed by atoms with van der Waals surface area (Å²) in [7, 11) is 3.72. The first-order chi connectivity index (χ1) is 8.04. The minimum atomic E-state index is -0.337. The molecule has 0 atom stereocenters. The lowest BCUT2D eigenvalue weighted by molar-refractivity contribution is -0.149. The first-order valence-corrected chi connectivity index (χ1v) is 6.13. The quantitative estimate of drug-likeness (QED) is 0.667. The molecule has 5 heteroatoms. The summed E-state index contributed by atoms with van der Waals surface area (Å²) in [4.78, 5) is 27.0. The van der Waals surface area contributed by atoms with E-state index in [-0.39, 0.29) is 24.3 Å². The van der Waals surface area contributed by atoms with Gasteiger partial charge in [0.25, 0.3) is 0 Å². The number of ether oxygens (including phenoxy) is 1. The molecule has 0 saturated carbocycles. The van der Waals surface area contributed by atoms with Gasteiger partial charge in [-0.3, -0.25) is 9.59 Å². The Balaban J connectivity index is 2.38.